The quantitative estimate of drug-likeness (QED) is 0.759. The Balaban J connectivity index is 2.69. The Morgan fingerprint density at radius 3 is 2.82 bits per heavy atom. The molecule has 0 aromatic carbocycles. The van der Waals surface area contributed by atoms with Gasteiger partial charge in [0.25, 0.3) is 0 Å². The molecule has 0 radical (unpaired) electrons. The topological polar surface area (TPSA) is 33.4 Å². The molecule has 0 saturated carbocycles. The lowest BCUT2D eigenvalue weighted by molar-refractivity contribution is 0.304. The van der Waals surface area contributed by atoms with Crippen molar-refractivity contribution in [1.29, 1.82) is 0 Å². The van der Waals surface area contributed by atoms with Crippen LogP contribution >= 0.6 is 11.6 Å². The van der Waals surface area contributed by atoms with E-state index in [1.807, 2.05) is 0 Å². The first-order valence-corrected chi connectivity index (χ1v) is 3.66. The van der Waals surface area contributed by atoms with Gasteiger partial charge in [0.05, 0.1) is 0 Å². The van der Waals surface area contributed by atoms with Crippen LogP contribution in [0.1, 0.15) is 12.2 Å². The molecule has 0 atom stereocenters. The standard InChI is InChI=1S/C8H9ClO2/c1-6(4-5-10)7-2-3-8(9)11-7/h2-3,10H,1,4-5H2. The number of hydrogen-bond acceptors (Lipinski definition) is 2. The van der Waals surface area contributed by atoms with Crippen LogP contribution in [0.25, 0.3) is 5.57 Å². The molecule has 3 heteroatoms. The van der Waals surface area contributed by atoms with Crippen molar-refractivity contribution >= 4 is 17.2 Å². The van der Waals surface area contributed by atoms with Gasteiger partial charge in [-0.25, -0.2) is 0 Å². The van der Waals surface area contributed by atoms with E-state index in [-0.39, 0.29) is 6.61 Å². The summed E-state index contributed by atoms with van der Waals surface area (Å²) in [5, 5.41) is 8.92. The van der Waals surface area contributed by atoms with Crippen molar-refractivity contribution in [2.75, 3.05) is 6.61 Å². The van der Waals surface area contributed by atoms with Gasteiger partial charge in [0, 0.05) is 6.61 Å². The largest absolute Gasteiger partial charge is 0.445 e. The summed E-state index contributed by atoms with van der Waals surface area (Å²) >= 11 is 5.53. The van der Waals surface area contributed by atoms with E-state index in [0.29, 0.717) is 17.4 Å². The molecule has 1 aromatic heterocycles. The second-order valence-electron chi connectivity index (χ2n) is 2.18. The van der Waals surface area contributed by atoms with E-state index >= 15 is 0 Å². The van der Waals surface area contributed by atoms with Crippen LogP contribution in [-0.4, -0.2) is 11.7 Å². The molecule has 1 rings (SSSR count). The second-order valence-corrected chi connectivity index (χ2v) is 2.55. The normalized spacial score (nSPS) is 10.0. The molecule has 0 saturated heterocycles. The van der Waals surface area contributed by atoms with E-state index in [1.54, 1.807) is 12.1 Å². The van der Waals surface area contributed by atoms with Gasteiger partial charge in [0.2, 0.25) is 0 Å². The van der Waals surface area contributed by atoms with Gasteiger partial charge >= 0.3 is 0 Å². The van der Waals surface area contributed by atoms with E-state index in [2.05, 4.69) is 6.58 Å². The maximum absolute atomic E-state index is 8.57. The highest BCUT2D eigenvalue weighted by Gasteiger charge is 2.02. The van der Waals surface area contributed by atoms with Gasteiger partial charge in [0.1, 0.15) is 5.76 Å². The smallest absolute Gasteiger partial charge is 0.193 e. The van der Waals surface area contributed by atoms with Crippen molar-refractivity contribution in [2.24, 2.45) is 0 Å². The highest BCUT2D eigenvalue weighted by atomic mass is 35.5. The Bertz CT molecular complexity index is 252. The molecule has 0 aliphatic rings. The van der Waals surface area contributed by atoms with Gasteiger partial charge in [-0.2, -0.15) is 0 Å². The molecule has 2 nitrogen and oxygen atoms in total. The van der Waals surface area contributed by atoms with Crippen molar-refractivity contribution in [3.05, 3.63) is 29.7 Å². The number of rotatable bonds is 3. The third-order valence-electron chi connectivity index (χ3n) is 1.34. The monoisotopic (exact) mass is 172 g/mol. The van der Waals surface area contributed by atoms with Gasteiger partial charge < -0.3 is 9.52 Å². The fourth-order valence-corrected chi connectivity index (χ4v) is 0.909. The van der Waals surface area contributed by atoms with Crippen LogP contribution in [0, 0.1) is 0 Å². The summed E-state index contributed by atoms with van der Waals surface area (Å²) in [5.74, 6) is 0.643. The molecule has 0 spiro atoms. The SMILES string of the molecule is C=C(CCO)c1ccc(Cl)o1. The zero-order valence-corrected chi connectivity index (χ0v) is 6.77. The lowest BCUT2D eigenvalue weighted by atomic mass is 10.2. The first-order chi connectivity index (χ1) is 5.24. The number of aliphatic hydroxyl groups is 1. The van der Waals surface area contributed by atoms with E-state index < -0.39 is 0 Å². The predicted octanol–water partition coefficient (Wildman–Crippen LogP) is 2.33. The molecular formula is C8H9ClO2. The van der Waals surface area contributed by atoms with Crippen molar-refractivity contribution in [1.82, 2.24) is 0 Å². The van der Waals surface area contributed by atoms with Crippen molar-refractivity contribution in [3.8, 4) is 0 Å². The van der Waals surface area contributed by atoms with Gasteiger partial charge in [-0.3, -0.25) is 0 Å². The van der Waals surface area contributed by atoms with Crippen LogP contribution in [0.15, 0.2) is 23.1 Å². The molecule has 0 aliphatic carbocycles. The first kappa shape index (κ1) is 8.37. The number of hydrogen-bond donors (Lipinski definition) is 1. The predicted molar refractivity (Wildman–Crippen MR) is 44.5 cm³/mol. The minimum Gasteiger partial charge on any atom is -0.445 e. The molecule has 1 aromatic rings. The summed E-state index contributed by atoms with van der Waals surface area (Å²) in [4.78, 5) is 0. The van der Waals surface area contributed by atoms with Crippen molar-refractivity contribution < 1.29 is 9.52 Å². The fourth-order valence-electron chi connectivity index (χ4n) is 0.762. The van der Waals surface area contributed by atoms with Crippen LogP contribution in [-0.2, 0) is 0 Å². The van der Waals surface area contributed by atoms with E-state index in [4.69, 9.17) is 21.1 Å². The van der Waals surface area contributed by atoms with Gasteiger partial charge in [-0.15, -0.1) is 0 Å². The van der Waals surface area contributed by atoms with Crippen LogP contribution in [0.3, 0.4) is 0 Å². The van der Waals surface area contributed by atoms with Gasteiger partial charge in [-0.1, -0.05) is 6.58 Å². The third kappa shape index (κ3) is 2.10. The van der Waals surface area contributed by atoms with E-state index in [1.165, 1.54) is 0 Å². The first-order valence-electron chi connectivity index (χ1n) is 3.28. The molecule has 0 fully saturated rings. The lowest BCUT2D eigenvalue weighted by Crippen LogP contribution is -1.84. The zero-order valence-electron chi connectivity index (χ0n) is 6.01. The van der Waals surface area contributed by atoms with E-state index in [9.17, 15) is 0 Å². The number of halogens is 1. The summed E-state index contributed by atoms with van der Waals surface area (Å²) in [6.45, 7) is 3.80. The van der Waals surface area contributed by atoms with Gasteiger partial charge in [0.15, 0.2) is 5.22 Å². The Morgan fingerprint density at radius 2 is 2.36 bits per heavy atom. The maximum atomic E-state index is 8.57. The lowest BCUT2D eigenvalue weighted by Gasteiger charge is -1.96. The third-order valence-corrected chi connectivity index (χ3v) is 1.54. The summed E-state index contributed by atoms with van der Waals surface area (Å²) in [5.41, 5.74) is 0.763. The molecule has 1 N–H and O–H groups in total. The molecule has 0 amide bonds. The van der Waals surface area contributed by atoms with E-state index in [0.717, 1.165) is 5.57 Å². The highest BCUT2D eigenvalue weighted by molar-refractivity contribution is 6.28. The molecule has 0 unspecified atom stereocenters. The van der Waals surface area contributed by atoms with Crippen LogP contribution in [0.2, 0.25) is 5.22 Å². The van der Waals surface area contributed by atoms with Crippen molar-refractivity contribution in [2.45, 2.75) is 6.42 Å². The van der Waals surface area contributed by atoms with Crippen LogP contribution < -0.4 is 0 Å². The number of aliphatic hydroxyl groups excluding tert-OH is 1. The molecule has 11 heavy (non-hydrogen) atoms. The Morgan fingerprint density at radius 1 is 1.64 bits per heavy atom. The minimum atomic E-state index is 0.0805. The molecule has 1 heterocycles. The highest BCUT2D eigenvalue weighted by Crippen LogP contribution is 2.21. The number of furan rings is 1. The summed E-state index contributed by atoms with van der Waals surface area (Å²) in [7, 11) is 0. The maximum Gasteiger partial charge on any atom is 0.193 e. The average molecular weight is 173 g/mol. The molecule has 0 aliphatic heterocycles. The van der Waals surface area contributed by atoms with Crippen LogP contribution in [0.4, 0.5) is 0 Å². The second kappa shape index (κ2) is 3.60. The Hall–Kier alpha value is -0.730. The summed E-state index contributed by atoms with van der Waals surface area (Å²) in [6, 6.07) is 3.39. The molecule has 0 bridgehead atoms. The Labute approximate surface area is 70.1 Å². The van der Waals surface area contributed by atoms with Gasteiger partial charge in [-0.05, 0) is 35.7 Å². The zero-order chi connectivity index (χ0) is 8.27. The minimum absolute atomic E-state index is 0.0805. The average Bonchev–Trinajstić information content (AvgIpc) is 2.36. The molecule has 60 valence electrons. The Kier molecular flexibility index (Phi) is 2.74. The molecular weight excluding hydrogens is 164 g/mol. The van der Waals surface area contributed by atoms with Crippen LogP contribution in [0.5, 0.6) is 0 Å². The fraction of sp³-hybridized carbons (Fsp3) is 0.250. The summed E-state index contributed by atoms with van der Waals surface area (Å²) < 4.78 is 5.05. The summed E-state index contributed by atoms with van der Waals surface area (Å²) in [6.07, 6.45) is 0.518. The van der Waals surface area contributed by atoms with Crippen molar-refractivity contribution in [3.63, 3.8) is 0 Å².